The third-order valence-electron chi connectivity index (χ3n) is 10.3. The van der Waals surface area contributed by atoms with Crippen LogP contribution in [0.2, 0.25) is 0 Å². The summed E-state index contributed by atoms with van der Waals surface area (Å²) in [6.07, 6.45) is 6.98. The zero-order chi connectivity index (χ0) is 28.9. The van der Waals surface area contributed by atoms with E-state index in [1.807, 2.05) is 0 Å². The van der Waals surface area contributed by atoms with Gasteiger partial charge >= 0.3 is 5.97 Å². The maximum Gasteiger partial charge on any atom is 0.323 e. The molecule has 4 aliphatic carbocycles. The van der Waals surface area contributed by atoms with Crippen LogP contribution >= 0.6 is 10.3 Å². The lowest BCUT2D eigenvalue weighted by molar-refractivity contribution is -0.160. The molecule has 0 unspecified atom stereocenters. The molecule has 0 aromatic heterocycles. The van der Waals surface area contributed by atoms with Crippen molar-refractivity contribution in [3.05, 3.63) is 89.5 Å². The maximum absolute atomic E-state index is 14.8. The predicted octanol–water partition coefficient (Wildman–Crippen LogP) is 11.0. The zero-order valence-corrected chi connectivity index (χ0v) is 26.7. The lowest BCUT2D eigenvalue weighted by atomic mass is 9.49. The molecule has 4 aliphatic rings. The maximum atomic E-state index is 14.8. The Kier molecular flexibility index (Phi) is 7.64. The summed E-state index contributed by atoms with van der Waals surface area (Å²) in [6.45, 7) is 13.4. The average Bonchev–Trinajstić information content (AvgIpc) is 2.95. The van der Waals surface area contributed by atoms with Crippen molar-refractivity contribution in [1.29, 1.82) is 0 Å². The molecule has 4 fully saturated rings. The molecule has 3 aromatic carbocycles. The highest BCUT2D eigenvalue weighted by Crippen LogP contribution is 2.71. The number of hydrogen-bond acceptors (Lipinski definition) is 2. The van der Waals surface area contributed by atoms with Crippen molar-refractivity contribution in [1.82, 2.24) is 0 Å². The summed E-state index contributed by atoms with van der Waals surface area (Å²) in [7, 11) is -2.30. The minimum Gasteiger partial charge on any atom is -0.402 e. The first-order valence-electron chi connectivity index (χ1n) is 16.0. The first kappa shape index (κ1) is 28.6. The van der Waals surface area contributed by atoms with Crippen LogP contribution in [-0.2, 0) is 8.98 Å². The van der Waals surface area contributed by atoms with Crippen LogP contribution < -0.4 is 0 Å². The SMILES string of the molecule is CC(C)c1ccc(S(OC(=O)C23CC4CC(CC(C4)C2)C3)(c2ccc(C(C)C)cc2)c2ccc(C(C)C)cc2)cc1. The molecule has 0 aliphatic heterocycles. The van der Waals surface area contributed by atoms with Crippen molar-refractivity contribution in [2.45, 2.75) is 113 Å². The van der Waals surface area contributed by atoms with Crippen LogP contribution in [0.4, 0.5) is 0 Å². The van der Waals surface area contributed by atoms with E-state index >= 15 is 0 Å². The van der Waals surface area contributed by atoms with Crippen molar-refractivity contribution in [3.8, 4) is 0 Å². The first-order chi connectivity index (χ1) is 19.6. The van der Waals surface area contributed by atoms with E-state index < -0.39 is 10.3 Å². The molecule has 0 spiro atoms. The van der Waals surface area contributed by atoms with Crippen molar-refractivity contribution in [2.75, 3.05) is 0 Å². The van der Waals surface area contributed by atoms with E-state index in [0.717, 1.165) is 33.9 Å². The minimum absolute atomic E-state index is 0.0559. The van der Waals surface area contributed by atoms with Crippen LogP contribution in [0.1, 0.15) is 115 Å². The first-order valence-corrected chi connectivity index (χ1v) is 17.5. The van der Waals surface area contributed by atoms with Crippen molar-refractivity contribution in [2.24, 2.45) is 23.2 Å². The quantitative estimate of drug-likeness (QED) is 0.270. The molecule has 3 aromatic rings. The fourth-order valence-electron chi connectivity index (χ4n) is 8.25. The molecular weight excluding hydrogens is 520 g/mol. The largest absolute Gasteiger partial charge is 0.402 e. The molecule has 7 rings (SSSR count). The Morgan fingerprint density at radius 1 is 0.585 bits per heavy atom. The lowest BCUT2D eigenvalue weighted by Crippen LogP contribution is -2.50. The highest BCUT2D eigenvalue weighted by Gasteiger charge is 2.57. The minimum atomic E-state index is -2.30. The Hall–Kier alpha value is -2.52. The van der Waals surface area contributed by atoms with Gasteiger partial charge in [-0.3, -0.25) is 4.79 Å². The second-order valence-corrected chi connectivity index (χ2v) is 17.0. The molecule has 0 atom stereocenters. The second-order valence-electron chi connectivity index (χ2n) is 14.3. The van der Waals surface area contributed by atoms with Gasteiger partial charge in [-0.25, -0.2) is 0 Å². The standard InChI is InChI=1S/C38H48O2S/c1-25(2)31-7-13-34(14-8-31)41(35-15-9-32(10-16-35)26(3)4,36-17-11-33(12-18-36)27(5)6)40-37(39)38-22-28-19-29(23-38)21-30(20-28)24-38/h7-18,25-30H,19-24H2,1-6H3. The molecule has 0 amide bonds. The van der Waals surface area contributed by atoms with E-state index in [0.29, 0.717) is 35.5 Å². The average molecular weight is 569 g/mol. The predicted molar refractivity (Wildman–Crippen MR) is 171 cm³/mol. The van der Waals surface area contributed by atoms with E-state index in [2.05, 4.69) is 114 Å². The van der Waals surface area contributed by atoms with Gasteiger partial charge in [0.2, 0.25) is 0 Å². The molecule has 4 saturated carbocycles. The lowest BCUT2D eigenvalue weighted by Gasteiger charge is -2.56. The topological polar surface area (TPSA) is 26.3 Å². The van der Waals surface area contributed by atoms with Crippen LogP contribution in [0.3, 0.4) is 0 Å². The summed E-state index contributed by atoms with van der Waals surface area (Å²) in [5.74, 6) is 3.47. The van der Waals surface area contributed by atoms with Gasteiger partial charge in [0, 0.05) is 14.7 Å². The monoisotopic (exact) mass is 568 g/mol. The molecule has 0 heterocycles. The van der Waals surface area contributed by atoms with Crippen LogP contribution in [0, 0.1) is 23.2 Å². The number of rotatable bonds is 8. The Labute approximate surface area is 249 Å². The second kappa shape index (κ2) is 11.0. The van der Waals surface area contributed by atoms with Gasteiger partial charge in [0.25, 0.3) is 0 Å². The Balaban J connectivity index is 1.52. The fraction of sp³-hybridized carbons (Fsp3) is 0.500. The smallest absolute Gasteiger partial charge is 0.323 e. The molecule has 3 heteroatoms. The summed E-state index contributed by atoms with van der Waals surface area (Å²) in [5, 5.41) is 0. The van der Waals surface area contributed by atoms with Gasteiger partial charge in [-0.2, -0.15) is 0 Å². The van der Waals surface area contributed by atoms with Gasteiger partial charge < -0.3 is 4.18 Å². The zero-order valence-electron chi connectivity index (χ0n) is 25.9. The molecule has 4 bridgehead atoms. The summed E-state index contributed by atoms with van der Waals surface area (Å²) >= 11 is 0. The molecule has 2 nitrogen and oxygen atoms in total. The molecular formula is C38H48O2S. The van der Waals surface area contributed by atoms with Gasteiger partial charge in [-0.1, -0.05) is 77.9 Å². The van der Waals surface area contributed by atoms with E-state index in [4.69, 9.17) is 4.18 Å². The van der Waals surface area contributed by atoms with Crippen molar-refractivity contribution < 1.29 is 8.98 Å². The highest BCUT2D eigenvalue weighted by molar-refractivity contribution is 8.30. The molecule has 41 heavy (non-hydrogen) atoms. The van der Waals surface area contributed by atoms with Gasteiger partial charge in [0.05, 0.1) is 5.41 Å². The molecule has 0 radical (unpaired) electrons. The molecule has 0 N–H and O–H groups in total. The van der Waals surface area contributed by atoms with Crippen molar-refractivity contribution >= 4 is 16.3 Å². The van der Waals surface area contributed by atoms with Crippen LogP contribution in [0.5, 0.6) is 0 Å². The Morgan fingerprint density at radius 3 is 1.15 bits per heavy atom. The van der Waals surface area contributed by atoms with Gasteiger partial charge in [-0.05, 0) is 137 Å². The van der Waals surface area contributed by atoms with Gasteiger partial charge in [0.15, 0.2) is 0 Å². The number of carbonyl (C=O) groups excluding carboxylic acids is 1. The Morgan fingerprint density at radius 2 is 0.878 bits per heavy atom. The normalized spacial score (nSPS) is 25.7. The third-order valence-corrected chi connectivity index (χ3v) is 13.5. The van der Waals surface area contributed by atoms with E-state index in [1.165, 1.54) is 36.0 Å². The van der Waals surface area contributed by atoms with E-state index in [9.17, 15) is 4.79 Å². The molecule has 218 valence electrons. The van der Waals surface area contributed by atoms with E-state index in [1.54, 1.807) is 0 Å². The Bertz CT molecular complexity index is 1200. The fourth-order valence-corrected chi connectivity index (χ4v) is 11.3. The van der Waals surface area contributed by atoms with Gasteiger partial charge in [0.1, 0.15) is 0 Å². The summed E-state index contributed by atoms with van der Waals surface area (Å²) in [6, 6.07) is 26.9. The number of benzene rings is 3. The summed E-state index contributed by atoms with van der Waals surface area (Å²) in [4.78, 5) is 18.1. The highest BCUT2D eigenvalue weighted by atomic mass is 32.3. The van der Waals surface area contributed by atoms with Crippen LogP contribution in [0.25, 0.3) is 0 Å². The molecule has 0 saturated heterocycles. The van der Waals surface area contributed by atoms with E-state index in [-0.39, 0.29) is 11.4 Å². The van der Waals surface area contributed by atoms with Crippen molar-refractivity contribution in [3.63, 3.8) is 0 Å². The van der Waals surface area contributed by atoms with Crippen LogP contribution in [0.15, 0.2) is 87.5 Å². The number of hydrogen-bond donors (Lipinski definition) is 0. The third kappa shape index (κ3) is 5.18. The van der Waals surface area contributed by atoms with Gasteiger partial charge in [-0.15, -0.1) is 0 Å². The summed E-state index contributed by atoms with van der Waals surface area (Å²) in [5.41, 5.74) is 3.60. The number of carbonyl (C=O) groups is 1. The summed E-state index contributed by atoms with van der Waals surface area (Å²) < 4.78 is 7.23. The van der Waals surface area contributed by atoms with Crippen LogP contribution in [-0.4, -0.2) is 5.97 Å².